The molecule has 25 heavy (non-hydrogen) atoms. The maximum atomic E-state index is 12.8. The zero-order valence-electron chi connectivity index (χ0n) is 14.6. The summed E-state index contributed by atoms with van der Waals surface area (Å²) in [5, 5.41) is 3.23. The lowest BCUT2D eigenvalue weighted by Crippen LogP contribution is -2.59. The van der Waals surface area contributed by atoms with Gasteiger partial charge >= 0.3 is 0 Å². The van der Waals surface area contributed by atoms with E-state index in [0.29, 0.717) is 35.8 Å². The first kappa shape index (κ1) is 17.7. The van der Waals surface area contributed by atoms with Gasteiger partial charge in [0.05, 0.1) is 17.8 Å². The summed E-state index contributed by atoms with van der Waals surface area (Å²) in [6.07, 6.45) is 0.408. The van der Waals surface area contributed by atoms with Crippen LogP contribution in [0, 0.1) is 5.41 Å². The summed E-state index contributed by atoms with van der Waals surface area (Å²) in [6, 6.07) is 4.15. The third kappa shape index (κ3) is 3.63. The summed E-state index contributed by atoms with van der Waals surface area (Å²) < 4.78 is 0. The second kappa shape index (κ2) is 6.33. The standard InChI is InChI=1S/C18H22ClN3O3/c1-18(2,3)9-15(23)21-6-7-22-14(10-21)16(24)20-13-8-11(19)4-5-12(13)17(22)25/h4-5,8,14H,6-7,9-10H2,1-3H3,(H,20,24). The number of benzene rings is 1. The number of hydrogen-bond donors (Lipinski definition) is 1. The Balaban J connectivity index is 1.83. The topological polar surface area (TPSA) is 69.7 Å². The molecule has 0 saturated carbocycles. The Labute approximate surface area is 152 Å². The van der Waals surface area contributed by atoms with Gasteiger partial charge in [0.1, 0.15) is 6.04 Å². The van der Waals surface area contributed by atoms with E-state index >= 15 is 0 Å². The Morgan fingerprint density at radius 2 is 2.00 bits per heavy atom. The van der Waals surface area contributed by atoms with Gasteiger partial charge in [0.15, 0.2) is 0 Å². The van der Waals surface area contributed by atoms with Crippen LogP contribution >= 0.6 is 11.6 Å². The van der Waals surface area contributed by atoms with Crippen molar-refractivity contribution in [3.8, 4) is 0 Å². The number of rotatable bonds is 1. The van der Waals surface area contributed by atoms with Gasteiger partial charge in [-0.1, -0.05) is 32.4 Å². The molecule has 0 bridgehead atoms. The van der Waals surface area contributed by atoms with Gasteiger partial charge in [-0.25, -0.2) is 0 Å². The van der Waals surface area contributed by atoms with Crippen molar-refractivity contribution in [2.24, 2.45) is 5.41 Å². The first-order chi connectivity index (χ1) is 11.7. The number of nitrogens with zero attached hydrogens (tertiary/aromatic N) is 2. The van der Waals surface area contributed by atoms with Crippen molar-refractivity contribution in [3.05, 3.63) is 28.8 Å². The molecule has 1 aromatic rings. The molecule has 1 atom stereocenters. The van der Waals surface area contributed by atoms with Crippen molar-refractivity contribution in [2.45, 2.75) is 33.2 Å². The van der Waals surface area contributed by atoms with E-state index in [1.54, 1.807) is 28.0 Å². The molecule has 2 aliphatic heterocycles. The van der Waals surface area contributed by atoms with E-state index in [1.165, 1.54) is 0 Å². The lowest BCUT2D eigenvalue weighted by molar-refractivity contribution is -0.137. The van der Waals surface area contributed by atoms with Crippen LogP contribution in [0.3, 0.4) is 0 Å². The molecule has 1 N–H and O–H groups in total. The smallest absolute Gasteiger partial charge is 0.256 e. The van der Waals surface area contributed by atoms with Gasteiger partial charge in [-0.2, -0.15) is 0 Å². The van der Waals surface area contributed by atoms with E-state index in [1.807, 2.05) is 20.8 Å². The molecule has 1 saturated heterocycles. The van der Waals surface area contributed by atoms with Crippen molar-refractivity contribution in [1.82, 2.24) is 9.80 Å². The Bertz CT molecular complexity index is 742. The first-order valence-electron chi connectivity index (χ1n) is 8.35. The second-order valence-electron chi connectivity index (χ2n) is 7.77. The van der Waals surface area contributed by atoms with Gasteiger partial charge in [0.2, 0.25) is 11.8 Å². The average molecular weight is 364 g/mol. The van der Waals surface area contributed by atoms with Crippen molar-refractivity contribution in [1.29, 1.82) is 0 Å². The number of halogens is 1. The highest BCUT2D eigenvalue weighted by Gasteiger charge is 2.40. The number of piperazine rings is 1. The minimum Gasteiger partial charge on any atom is -0.338 e. The Morgan fingerprint density at radius 3 is 2.68 bits per heavy atom. The summed E-state index contributed by atoms with van der Waals surface area (Å²) in [5.74, 6) is -0.488. The van der Waals surface area contributed by atoms with Crippen molar-refractivity contribution >= 4 is 35.0 Å². The fourth-order valence-electron chi connectivity index (χ4n) is 3.22. The second-order valence-corrected chi connectivity index (χ2v) is 8.21. The van der Waals surface area contributed by atoms with Crippen LogP contribution in [0.4, 0.5) is 5.69 Å². The fourth-order valence-corrected chi connectivity index (χ4v) is 3.39. The summed E-state index contributed by atoms with van der Waals surface area (Å²) in [4.78, 5) is 41.2. The van der Waals surface area contributed by atoms with Crippen LogP contribution in [0.25, 0.3) is 0 Å². The number of hydrogen-bond acceptors (Lipinski definition) is 3. The SMILES string of the molecule is CC(C)(C)CC(=O)N1CCN2C(=O)c3ccc(Cl)cc3NC(=O)C2C1. The van der Waals surface area contributed by atoms with Crippen LogP contribution in [-0.2, 0) is 9.59 Å². The van der Waals surface area contributed by atoms with Gasteiger partial charge in [-0.3, -0.25) is 14.4 Å². The lowest BCUT2D eigenvalue weighted by atomic mass is 9.91. The predicted molar refractivity (Wildman–Crippen MR) is 95.6 cm³/mol. The highest BCUT2D eigenvalue weighted by molar-refractivity contribution is 6.31. The molecule has 6 nitrogen and oxygen atoms in total. The monoisotopic (exact) mass is 363 g/mol. The normalized spacial score (nSPS) is 20.6. The minimum absolute atomic E-state index is 0.0113. The molecule has 2 aliphatic rings. The van der Waals surface area contributed by atoms with Crippen LogP contribution in [0.5, 0.6) is 0 Å². The molecule has 0 radical (unpaired) electrons. The minimum atomic E-state index is -0.684. The highest BCUT2D eigenvalue weighted by atomic mass is 35.5. The molecule has 0 aliphatic carbocycles. The number of carbonyl (C=O) groups excluding carboxylic acids is 3. The summed E-state index contributed by atoms with van der Waals surface area (Å²) in [6.45, 7) is 7.01. The van der Waals surface area contributed by atoms with E-state index < -0.39 is 6.04 Å². The van der Waals surface area contributed by atoms with Crippen LogP contribution < -0.4 is 5.32 Å². The van der Waals surface area contributed by atoms with Crippen LogP contribution in [0.1, 0.15) is 37.6 Å². The summed E-state index contributed by atoms with van der Waals surface area (Å²) in [7, 11) is 0. The predicted octanol–water partition coefficient (Wildman–Crippen LogP) is 2.38. The third-order valence-electron chi connectivity index (χ3n) is 4.45. The molecule has 3 amide bonds. The van der Waals surface area contributed by atoms with Gasteiger partial charge in [-0.05, 0) is 23.6 Å². The molecule has 0 aromatic heterocycles. The first-order valence-corrected chi connectivity index (χ1v) is 8.73. The number of fused-ring (bicyclic) bond motifs is 2. The quantitative estimate of drug-likeness (QED) is 0.832. The van der Waals surface area contributed by atoms with Gasteiger partial charge in [-0.15, -0.1) is 0 Å². The molecule has 1 unspecified atom stereocenters. The molecule has 134 valence electrons. The molecule has 1 aromatic carbocycles. The lowest BCUT2D eigenvalue weighted by Gasteiger charge is -2.40. The van der Waals surface area contributed by atoms with Crippen LogP contribution in [0.15, 0.2) is 18.2 Å². The van der Waals surface area contributed by atoms with E-state index in [9.17, 15) is 14.4 Å². The molecular weight excluding hydrogens is 342 g/mol. The van der Waals surface area contributed by atoms with E-state index in [0.717, 1.165) is 0 Å². The summed E-state index contributed by atoms with van der Waals surface area (Å²) in [5.41, 5.74) is 0.724. The van der Waals surface area contributed by atoms with Gasteiger partial charge < -0.3 is 15.1 Å². The molecule has 7 heteroatoms. The number of anilines is 1. The Kier molecular flexibility index (Phi) is 4.49. The molecule has 1 fully saturated rings. The zero-order chi connectivity index (χ0) is 18.4. The largest absolute Gasteiger partial charge is 0.338 e. The van der Waals surface area contributed by atoms with E-state index in [-0.39, 0.29) is 29.7 Å². The Hall–Kier alpha value is -2.08. The highest BCUT2D eigenvalue weighted by Crippen LogP contribution is 2.28. The molecule has 3 rings (SSSR count). The summed E-state index contributed by atoms with van der Waals surface area (Å²) >= 11 is 5.98. The third-order valence-corrected chi connectivity index (χ3v) is 4.68. The Morgan fingerprint density at radius 1 is 1.28 bits per heavy atom. The number of amides is 3. The molecule has 0 spiro atoms. The van der Waals surface area contributed by atoms with Crippen molar-refractivity contribution in [3.63, 3.8) is 0 Å². The number of carbonyl (C=O) groups is 3. The fraction of sp³-hybridized carbons (Fsp3) is 0.500. The van der Waals surface area contributed by atoms with E-state index in [4.69, 9.17) is 11.6 Å². The molecular formula is C18H22ClN3O3. The molecule has 2 heterocycles. The number of nitrogens with one attached hydrogen (secondary N) is 1. The van der Waals surface area contributed by atoms with Crippen LogP contribution in [0.2, 0.25) is 5.02 Å². The zero-order valence-corrected chi connectivity index (χ0v) is 15.4. The van der Waals surface area contributed by atoms with Gasteiger partial charge in [0.25, 0.3) is 5.91 Å². The maximum absolute atomic E-state index is 12.8. The average Bonchev–Trinajstić information content (AvgIpc) is 2.61. The van der Waals surface area contributed by atoms with E-state index in [2.05, 4.69) is 5.32 Å². The van der Waals surface area contributed by atoms with Gasteiger partial charge in [0, 0.05) is 24.5 Å². The van der Waals surface area contributed by atoms with Crippen LogP contribution in [-0.4, -0.2) is 53.2 Å². The van der Waals surface area contributed by atoms with Crippen molar-refractivity contribution in [2.75, 3.05) is 25.0 Å². The maximum Gasteiger partial charge on any atom is 0.256 e. The van der Waals surface area contributed by atoms with Crippen molar-refractivity contribution < 1.29 is 14.4 Å².